The molecule has 0 aliphatic heterocycles. The van der Waals surface area contributed by atoms with Gasteiger partial charge < -0.3 is 9.72 Å². The lowest BCUT2D eigenvalue weighted by Crippen LogP contribution is -2.18. The Bertz CT molecular complexity index is 1640. The summed E-state index contributed by atoms with van der Waals surface area (Å²) in [5.74, 6) is 0.648. The second-order valence-corrected chi connectivity index (χ2v) is 8.03. The number of fused-ring (bicyclic) bond motifs is 1. The molecule has 0 spiro atoms. The van der Waals surface area contributed by atoms with Gasteiger partial charge in [0.2, 0.25) is 0 Å². The molecule has 1 aromatic carbocycles. The molecule has 0 amide bonds. The Balaban J connectivity index is 1.68. The number of nitrogens with one attached hydrogen (secondary N) is 1. The Morgan fingerprint density at radius 2 is 1.94 bits per heavy atom. The number of pyridine rings is 2. The molecule has 8 nitrogen and oxygen atoms in total. The molecule has 12 heteroatoms. The van der Waals surface area contributed by atoms with E-state index in [4.69, 9.17) is 16.3 Å². The first-order chi connectivity index (χ1) is 16.7. The lowest BCUT2D eigenvalue weighted by molar-refractivity contribution is -0.141. The lowest BCUT2D eigenvalue weighted by atomic mass is 10.0. The van der Waals surface area contributed by atoms with Crippen LogP contribution in [0.5, 0.6) is 5.75 Å². The molecule has 1 radical (unpaired) electrons. The van der Waals surface area contributed by atoms with Gasteiger partial charge in [-0.1, -0.05) is 16.8 Å². The van der Waals surface area contributed by atoms with Crippen molar-refractivity contribution in [2.24, 2.45) is 0 Å². The minimum Gasteiger partial charge on any atom is -0.495 e. The molecule has 0 saturated heterocycles. The number of alkyl halides is 3. The molecule has 4 heterocycles. The zero-order chi connectivity index (χ0) is 24.9. The fourth-order valence-corrected chi connectivity index (χ4v) is 3.90. The molecule has 1 N–H and O–H groups in total. The molecular formula is C23H15ClF3N6O2. The first kappa shape index (κ1) is 22.7. The number of aromatic nitrogens is 6. The summed E-state index contributed by atoms with van der Waals surface area (Å²) >= 11 is 6.19. The smallest absolute Gasteiger partial charge is 0.436 e. The van der Waals surface area contributed by atoms with Gasteiger partial charge in [-0.2, -0.15) is 13.2 Å². The van der Waals surface area contributed by atoms with E-state index in [9.17, 15) is 18.0 Å². The van der Waals surface area contributed by atoms with Crippen molar-refractivity contribution in [3.8, 4) is 28.4 Å². The van der Waals surface area contributed by atoms with E-state index in [2.05, 4.69) is 26.3 Å². The summed E-state index contributed by atoms with van der Waals surface area (Å²) in [7, 11) is 1.41. The van der Waals surface area contributed by atoms with Gasteiger partial charge >= 0.3 is 6.18 Å². The van der Waals surface area contributed by atoms with Crippen LogP contribution in [0.25, 0.3) is 33.5 Å². The summed E-state index contributed by atoms with van der Waals surface area (Å²) in [5, 5.41) is 7.87. The molecule has 0 fully saturated rings. The Morgan fingerprint density at radius 1 is 1.14 bits per heavy atom. The summed E-state index contributed by atoms with van der Waals surface area (Å²) in [4.78, 5) is 20.5. The van der Waals surface area contributed by atoms with Crippen LogP contribution in [0.3, 0.4) is 0 Å². The minimum atomic E-state index is -4.66. The highest BCUT2D eigenvalue weighted by atomic mass is 35.5. The summed E-state index contributed by atoms with van der Waals surface area (Å²) in [5.41, 5.74) is 0.765. The zero-order valence-electron chi connectivity index (χ0n) is 18.2. The first-order valence-electron chi connectivity index (χ1n) is 10.1. The van der Waals surface area contributed by atoms with Gasteiger partial charge in [0, 0.05) is 39.9 Å². The van der Waals surface area contributed by atoms with Gasteiger partial charge in [0.1, 0.15) is 11.6 Å². The zero-order valence-corrected chi connectivity index (χ0v) is 18.9. The van der Waals surface area contributed by atoms with E-state index in [0.29, 0.717) is 22.0 Å². The highest BCUT2D eigenvalue weighted by Gasteiger charge is 2.34. The number of hydrogen-bond acceptors (Lipinski definition) is 5. The number of methoxy groups -OCH3 is 1. The molecule has 177 valence electrons. The van der Waals surface area contributed by atoms with Gasteiger partial charge in [-0.05, 0) is 31.2 Å². The fourth-order valence-electron chi connectivity index (χ4n) is 3.72. The van der Waals surface area contributed by atoms with Crippen LogP contribution in [0.15, 0.2) is 53.7 Å². The summed E-state index contributed by atoms with van der Waals surface area (Å²) in [6, 6.07) is 10.7. The maximum absolute atomic E-state index is 13.1. The Morgan fingerprint density at radius 3 is 2.63 bits per heavy atom. The van der Waals surface area contributed by atoms with Crippen molar-refractivity contribution in [1.29, 1.82) is 0 Å². The van der Waals surface area contributed by atoms with Crippen LogP contribution < -0.4 is 10.3 Å². The second kappa shape index (κ2) is 8.27. The normalized spacial score (nSPS) is 11.8. The van der Waals surface area contributed by atoms with Crippen molar-refractivity contribution in [3.63, 3.8) is 0 Å². The van der Waals surface area contributed by atoms with Gasteiger partial charge in [-0.3, -0.25) is 14.3 Å². The Kier molecular flexibility index (Phi) is 5.36. The van der Waals surface area contributed by atoms with Crippen molar-refractivity contribution in [2.75, 3.05) is 7.11 Å². The van der Waals surface area contributed by atoms with Crippen molar-refractivity contribution < 1.29 is 17.9 Å². The summed E-state index contributed by atoms with van der Waals surface area (Å²) in [6.45, 7) is 1.83. The van der Waals surface area contributed by atoms with Crippen LogP contribution in [0, 0.1) is 13.0 Å². The predicted octanol–water partition coefficient (Wildman–Crippen LogP) is 4.75. The third-order valence-corrected chi connectivity index (χ3v) is 5.63. The van der Waals surface area contributed by atoms with Crippen molar-refractivity contribution in [3.05, 3.63) is 81.8 Å². The SMILES string of the molecule is COc1cn(-c2[c]c3ccnc(C)c3[nH]2)c(=O)cc1-c1cc(Cl)ccc1-n1cc(C(F)(F)F)nn1. The molecule has 35 heavy (non-hydrogen) atoms. The van der Waals surface area contributed by atoms with Crippen LogP contribution in [0.2, 0.25) is 5.02 Å². The number of halogens is 4. The second-order valence-electron chi connectivity index (χ2n) is 7.59. The van der Waals surface area contributed by atoms with Crippen LogP contribution >= 0.6 is 11.6 Å². The number of benzene rings is 1. The van der Waals surface area contributed by atoms with E-state index in [-0.39, 0.29) is 11.4 Å². The molecule has 0 aliphatic rings. The number of nitrogens with zero attached hydrogens (tertiary/aromatic N) is 5. The first-order valence-corrected chi connectivity index (χ1v) is 10.5. The van der Waals surface area contributed by atoms with Gasteiger partial charge in [-0.15, -0.1) is 5.10 Å². The lowest BCUT2D eigenvalue weighted by Gasteiger charge is -2.15. The van der Waals surface area contributed by atoms with E-state index in [1.165, 1.54) is 42.1 Å². The maximum Gasteiger partial charge on any atom is 0.436 e. The largest absolute Gasteiger partial charge is 0.495 e. The molecule has 0 bridgehead atoms. The monoisotopic (exact) mass is 499 g/mol. The van der Waals surface area contributed by atoms with E-state index in [1.807, 2.05) is 6.92 Å². The van der Waals surface area contributed by atoms with Gasteiger partial charge in [0.15, 0.2) is 5.69 Å². The van der Waals surface area contributed by atoms with Gasteiger partial charge in [0.25, 0.3) is 5.56 Å². The molecule has 0 unspecified atom stereocenters. The topological polar surface area (TPSA) is 90.6 Å². The molecule has 5 aromatic rings. The molecule has 5 rings (SSSR count). The number of ether oxygens (including phenoxy) is 1. The number of rotatable bonds is 4. The third kappa shape index (κ3) is 4.03. The van der Waals surface area contributed by atoms with Crippen molar-refractivity contribution in [2.45, 2.75) is 13.1 Å². The van der Waals surface area contributed by atoms with Crippen LogP contribution in [0.1, 0.15) is 11.4 Å². The minimum absolute atomic E-state index is 0.228. The Hall–Kier alpha value is -4.12. The number of H-pyrrole nitrogens is 1. The number of aryl methyl sites for hydroxylation is 1. The molecule has 4 aromatic heterocycles. The van der Waals surface area contributed by atoms with Crippen LogP contribution in [-0.2, 0) is 6.18 Å². The summed E-state index contributed by atoms with van der Waals surface area (Å²) in [6.07, 6.45) is -0.786. The quantitative estimate of drug-likeness (QED) is 0.385. The van der Waals surface area contributed by atoms with Gasteiger partial charge in [0.05, 0.1) is 36.4 Å². The number of aromatic amines is 1. The standard InChI is InChI=1S/C23H15ClF3N6O2/c1-12-22-13(5-6-28-12)7-20(29-22)32-10-18(35-2)16(9-21(32)34)15-8-14(24)3-4-17(15)33-11-19(30-31-33)23(25,26)27/h3-6,8-11,29H,1-2H3. The third-order valence-electron chi connectivity index (χ3n) is 5.39. The van der Waals surface area contributed by atoms with Crippen LogP contribution in [-0.4, -0.2) is 36.6 Å². The molecule has 0 aliphatic carbocycles. The average molecular weight is 500 g/mol. The highest BCUT2D eigenvalue weighted by molar-refractivity contribution is 6.31. The maximum atomic E-state index is 13.1. The molecule has 0 saturated carbocycles. The van der Waals surface area contributed by atoms with E-state index in [0.717, 1.165) is 27.5 Å². The van der Waals surface area contributed by atoms with E-state index >= 15 is 0 Å². The van der Waals surface area contributed by atoms with Crippen molar-refractivity contribution >= 4 is 22.5 Å². The van der Waals surface area contributed by atoms with E-state index in [1.54, 1.807) is 12.3 Å². The molecular weight excluding hydrogens is 485 g/mol. The number of hydrogen-bond donors (Lipinski definition) is 1. The van der Waals surface area contributed by atoms with Crippen molar-refractivity contribution in [1.82, 2.24) is 29.5 Å². The average Bonchev–Trinajstić information content (AvgIpc) is 3.47. The highest BCUT2D eigenvalue weighted by Crippen LogP contribution is 2.36. The fraction of sp³-hybridized carbons (Fsp3) is 0.130. The van der Waals surface area contributed by atoms with Gasteiger partial charge in [-0.25, -0.2) is 4.68 Å². The summed E-state index contributed by atoms with van der Waals surface area (Å²) < 4.78 is 47.1. The predicted molar refractivity (Wildman–Crippen MR) is 122 cm³/mol. The Labute approximate surface area is 200 Å². The molecule has 0 atom stereocenters. The van der Waals surface area contributed by atoms with Crippen LogP contribution in [0.4, 0.5) is 13.2 Å². The van der Waals surface area contributed by atoms with E-state index < -0.39 is 17.4 Å².